The maximum absolute atomic E-state index is 9.90. The van der Waals surface area contributed by atoms with Crippen molar-refractivity contribution >= 4 is 43.6 Å². The number of aryl methyl sites for hydroxylation is 4. The molecule has 322 valence electrons. The molecule has 0 atom stereocenters. The Hall–Kier alpha value is -8.78. The zero-order valence-corrected chi connectivity index (χ0v) is 38.4. The van der Waals surface area contributed by atoms with Gasteiger partial charge < -0.3 is 4.57 Å². The zero-order valence-electron chi connectivity index (χ0n) is 38.4. The van der Waals surface area contributed by atoms with Crippen LogP contribution in [-0.4, -0.2) is 14.1 Å². The van der Waals surface area contributed by atoms with Gasteiger partial charge in [0.2, 0.25) is 0 Å². The lowest BCUT2D eigenvalue weighted by atomic mass is 9.97. The molecule has 0 aliphatic carbocycles. The van der Waals surface area contributed by atoms with Gasteiger partial charge in [-0.15, -0.1) is 0 Å². The van der Waals surface area contributed by atoms with Crippen molar-refractivity contribution in [2.45, 2.75) is 27.7 Å². The summed E-state index contributed by atoms with van der Waals surface area (Å²) in [5, 5.41) is 14.6. The summed E-state index contributed by atoms with van der Waals surface area (Å²) in [5.41, 5.74) is 22.5. The first-order chi connectivity index (χ1) is 33.3. The maximum atomic E-state index is 9.90. The molecule has 0 saturated heterocycles. The molecule has 0 bridgehead atoms. The molecule has 0 aliphatic heterocycles. The number of benzene rings is 9. The molecule has 4 heteroatoms. The van der Waals surface area contributed by atoms with Crippen molar-refractivity contribution in [1.29, 1.82) is 5.26 Å². The number of nitrogens with zero attached hydrogens (tertiary/aromatic N) is 4. The third-order valence-corrected chi connectivity index (χ3v) is 14.0. The molecule has 0 amide bonds. The second kappa shape index (κ2) is 16.3. The Bertz CT molecular complexity index is 3820. The number of aromatic nitrogens is 3. The molecule has 3 aromatic heterocycles. The highest BCUT2D eigenvalue weighted by Crippen LogP contribution is 2.43. The van der Waals surface area contributed by atoms with Gasteiger partial charge in [0.15, 0.2) is 0 Å². The fraction of sp³-hybridized carbons (Fsp3) is 0.0625. The molecular formula is C64H46N4. The van der Waals surface area contributed by atoms with Crippen LogP contribution in [0.5, 0.6) is 0 Å². The Morgan fingerprint density at radius 3 is 1.04 bits per heavy atom. The molecule has 3 heterocycles. The average molecular weight is 871 g/mol. The van der Waals surface area contributed by atoms with E-state index in [-0.39, 0.29) is 0 Å². The Morgan fingerprint density at radius 1 is 0.353 bits per heavy atom. The predicted octanol–water partition coefficient (Wildman–Crippen LogP) is 16.7. The van der Waals surface area contributed by atoms with E-state index in [4.69, 9.17) is 4.98 Å². The summed E-state index contributed by atoms with van der Waals surface area (Å²) in [6.45, 7) is 8.72. The van der Waals surface area contributed by atoms with E-state index < -0.39 is 0 Å². The number of pyridine rings is 1. The minimum atomic E-state index is 0.616. The first-order valence-electron chi connectivity index (χ1n) is 23.2. The molecule has 9 aromatic carbocycles. The summed E-state index contributed by atoms with van der Waals surface area (Å²) < 4.78 is 4.70. The lowest BCUT2D eigenvalue weighted by Crippen LogP contribution is -2.03. The summed E-state index contributed by atoms with van der Waals surface area (Å²) in [7, 11) is 0. The highest BCUT2D eigenvalue weighted by atomic mass is 15.1. The first kappa shape index (κ1) is 40.7. The predicted molar refractivity (Wildman–Crippen MR) is 284 cm³/mol. The van der Waals surface area contributed by atoms with E-state index in [2.05, 4.69) is 231 Å². The van der Waals surface area contributed by atoms with Crippen molar-refractivity contribution in [3.8, 4) is 73.2 Å². The Balaban J connectivity index is 1.13. The third kappa shape index (κ3) is 6.71. The lowest BCUT2D eigenvalue weighted by molar-refractivity contribution is 1.06. The van der Waals surface area contributed by atoms with E-state index in [9.17, 15) is 5.26 Å². The van der Waals surface area contributed by atoms with Gasteiger partial charge in [0, 0.05) is 27.1 Å². The first-order valence-corrected chi connectivity index (χ1v) is 23.2. The van der Waals surface area contributed by atoms with Crippen molar-refractivity contribution in [3.63, 3.8) is 0 Å². The van der Waals surface area contributed by atoms with Crippen LogP contribution in [0.4, 0.5) is 0 Å². The van der Waals surface area contributed by atoms with Crippen LogP contribution < -0.4 is 0 Å². The second-order valence-electron chi connectivity index (χ2n) is 18.1. The van der Waals surface area contributed by atoms with Crippen LogP contribution in [0.1, 0.15) is 27.8 Å². The second-order valence-corrected chi connectivity index (χ2v) is 18.1. The van der Waals surface area contributed by atoms with Crippen LogP contribution in [0, 0.1) is 39.0 Å². The normalized spacial score (nSPS) is 11.5. The molecule has 4 nitrogen and oxygen atoms in total. The van der Waals surface area contributed by atoms with E-state index in [1.165, 1.54) is 88.3 Å². The molecule has 0 unspecified atom stereocenters. The van der Waals surface area contributed by atoms with Crippen LogP contribution >= 0.6 is 0 Å². The third-order valence-electron chi connectivity index (χ3n) is 14.0. The van der Waals surface area contributed by atoms with Gasteiger partial charge in [-0.05, 0) is 167 Å². The van der Waals surface area contributed by atoms with Crippen LogP contribution in [0.25, 0.3) is 111 Å². The number of rotatable bonds is 7. The van der Waals surface area contributed by atoms with E-state index in [1.54, 1.807) is 0 Å². The molecule has 12 rings (SSSR count). The van der Waals surface area contributed by atoms with Gasteiger partial charge in [0.1, 0.15) is 5.82 Å². The van der Waals surface area contributed by atoms with Crippen molar-refractivity contribution in [1.82, 2.24) is 14.1 Å². The summed E-state index contributed by atoms with van der Waals surface area (Å²) in [6.07, 6.45) is 2.05. The number of nitriles is 1. The van der Waals surface area contributed by atoms with Crippen LogP contribution in [0.15, 0.2) is 206 Å². The van der Waals surface area contributed by atoms with E-state index in [0.717, 1.165) is 44.7 Å². The number of hydrogen-bond donors (Lipinski definition) is 0. The minimum Gasteiger partial charge on any atom is -0.307 e. The van der Waals surface area contributed by atoms with Gasteiger partial charge in [0.25, 0.3) is 0 Å². The van der Waals surface area contributed by atoms with Gasteiger partial charge in [-0.3, -0.25) is 4.57 Å². The molecule has 0 fully saturated rings. The number of hydrogen-bond acceptors (Lipinski definition) is 2. The molecule has 0 N–H and O–H groups in total. The molecule has 0 spiro atoms. The lowest BCUT2D eigenvalue weighted by Gasteiger charge is -2.17. The van der Waals surface area contributed by atoms with Gasteiger partial charge >= 0.3 is 0 Å². The molecular weight excluding hydrogens is 825 g/mol. The van der Waals surface area contributed by atoms with E-state index in [1.807, 2.05) is 18.3 Å². The standard InChI is InChI=1S/C64H46N4/c1-40-13-5-9-17-50(40)46-25-29-59-55(33-46)56-34-47(51-18-10-6-14-41(51)2)26-30-60(56)67(59)63-39-66-64(37-54(63)45-23-21-44(38-65)22-24-45)68-61-31-27-48(52-19-11-7-15-42(52)3)35-57(61)58-36-49(28-32-62(58)68)53-20-12-8-16-43(53)4/h5-37,39H,1-4H3. The topological polar surface area (TPSA) is 46.5 Å². The molecule has 12 aromatic rings. The smallest absolute Gasteiger partial charge is 0.138 e. The summed E-state index contributed by atoms with van der Waals surface area (Å²) in [5.74, 6) is 0.810. The summed E-state index contributed by atoms with van der Waals surface area (Å²) in [4.78, 5) is 5.44. The molecule has 0 aliphatic rings. The van der Waals surface area contributed by atoms with Crippen molar-refractivity contribution < 1.29 is 0 Å². The van der Waals surface area contributed by atoms with Crippen molar-refractivity contribution in [2.75, 3.05) is 0 Å². The molecule has 68 heavy (non-hydrogen) atoms. The summed E-state index contributed by atoms with van der Waals surface area (Å²) in [6, 6.07) is 74.4. The molecule has 0 radical (unpaired) electrons. The number of fused-ring (bicyclic) bond motifs is 6. The van der Waals surface area contributed by atoms with Crippen LogP contribution in [0.3, 0.4) is 0 Å². The van der Waals surface area contributed by atoms with Crippen molar-refractivity contribution in [3.05, 3.63) is 234 Å². The maximum Gasteiger partial charge on any atom is 0.138 e. The highest BCUT2D eigenvalue weighted by Gasteiger charge is 2.22. The Morgan fingerprint density at radius 2 is 0.691 bits per heavy atom. The fourth-order valence-electron chi connectivity index (χ4n) is 10.5. The monoisotopic (exact) mass is 870 g/mol. The average Bonchev–Trinajstić information content (AvgIpc) is 3.88. The fourth-order valence-corrected chi connectivity index (χ4v) is 10.5. The van der Waals surface area contributed by atoms with E-state index in [0.29, 0.717) is 5.56 Å². The van der Waals surface area contributed by atoms with Gasteiger partial charge in [-0.1, -0.05) is 133 Å². The van der Waals surface area contributed by atoms with Crippen LogP contribution in [-0.2, 0) is 0 Å². The largest absolute Gasteiger partial charge is 0.307 e. The Kier molecular flexibility index (Phi) is 9.74. The van der Waals surface area contributed by atoms with Gasteiger partial charge in [-0.2, -0.15) is 5.26 Å². The minimum absolute atomic E-state index is 0.616. The van der Waals surface area contributed by atoms with Crippen LogP contribution in [0.2, 0.25) is 0 Å². The van der Waals surface area contributed by atoms with Crippen molar-refractivity contribution in [2.24, 2.45) is 0 Å². The Labute approximate surface area is 396 Å². The summed E-state index contributed by atoms with van der Waals surface area (Å²) >= 11 is 0. The highest BCUT2D eigenvalue weighted by molar-refractivity contribution is 6.13. The van der Waals surface area contributed by atoms with Gasteiger partial charge in [-0.25, -0.2) is 4.98 Å². The van der Waals surface area contributed by atoms with Gasteiger partial charge in [0.05, 0.1) is 45.6 Å². The zero-order chi connectivity index (χ0) is 46.0. The molecule has 0 saturated carbocycles. The quantitative estimate of drug-likeness (QED) is 0.160. The SMILES string of the molecule is Cc1ccccc1-c1ccc2c(c1)c1cc(-c3ccccc3C)ccc1n2-c1cc(-c2ccc(C#N)cc2)c(-n2c3ccc(-c4ccccc4C)cc3c3cc(-c4ccccc4C)ccc32)cn1. The van der Waals surface area contributed by atoms with E-state index >= 15 is 0 Å².